The highest BCUT2D eigenvalue weighted by Crippen LogP contribution is 2.23. The predicted octanol–water partition coefficient (Wildman–Crippen LogP) is 2.19. The third kappa shape index (κ3) is 2.53. The van der Waals surface area contributed by atoms with Crippen molar-refractivity contribution in [3.8, 4) is 0 Å². The fourth-order valence-electron chi connectivity index (χ4n) is 3.64. The summed E-state index contributed by atoms with van der Waals surface area (Å²) in [4.78, 5) is 30.4. The first-order valence-corrected chi connectivity index (χ1v) is 9.10. The summed E-state index contributed by atoms with van der Waals surface area (Å²) in [5.74, 6) is 0.772. The first-order chi connectivity index (χ1) is 12.8. The number of rotatable bonds is 3. The lowest BCUT2D eigenvalue weighted by Crippen LogP contribution is -2.40. The van der Waals surface area contributed by atoms with Gasteiger partial charge in [-0.1, -0.05) is 18.5 Å². The molecule has 0 amide bonds. The van der Waals surface area contributed by atoms with E-state index in [1.54, 1.807) is 11.6 Å². The molecule has 0 radical (unpaired) electrons. The van der Waals surface area contributed by atoms with Gasteiger partial charge in [0.25, 0.3) is 5.56 Å². The summed E-state index contributed by atoms with van der Waals surface area (Å²) in [5, 5.41) is 1.62. The normalized spacial score (nSPS) is 11.7. The highest BCUT2D eigenvalue weighted by atomic mass is 35.5. The van der Waals surface area contributed by atoms with E-state index in [0.717, 1.165) is 22.4 Å². The molecule has 0 aliphatic carbocycles. The van der Waals surface area contributed by atoms with Crippen molar-refractivity contribution in [3.63, 3.8) is 0 Å². The van der Waals surface area contributed by atoms with E-state index in [2.05, 4.69) is 4.98 Å². The molecule has 0 spiro atoms. The minimum atomic E-state index is -0.378. The van der Waals surface area contributed by atoms with E-state index in [1.807, 2.05) is 49.9 Å². The van der Waals surface area contributed by atoms with Gasteiger partial charge >= 0.3 is 5.69 Å². The van der Waals surface area contributed by atoms with Crippen molar-refractivity contribution in [1.29, 1.82) is 0 Å². The fourth-order valence-corrected chi connectivity index (χ4v) is 3.82. The summed E-state index contributed by atoms with van der Waals surface area (Å²) in [6, 6.07) is 7.59. The molecular formula is C19H20ClN5O2. The Kier molecular flexibility index (Phi) is 3.99. The second-order valence-corrected chi connectivity index (χ2v) is 7.18. The van der Waals surface area contributed by atoms with Crippen LogP contribution in [0.25, 0.3) is 22.1 Å². The molecule has 0 saturated carbocycles. The Morgan fingerprint density at radius 1 is 1.04 bits per heavy atom. The molecule has 1 aromatic carbocycles. The number of hydrogen-bond donors (Lipinski definition) is 0. The zero-order valence-corrected chi connectivity index (χ0v) is 16.4. The quantitative estimate of drug-likeness (QED) is 0.543. The van der Waals surface area contributed by atoms with E-state index in [0.29, 0.717) is 22.6 Å². The van der Waals surface area contributed by atoms with Gasteiger partial charge in [0.1, 0.15) is 5.82 Å². The number of fused-ring (bicyclic) bond motifs is 2. The summed E-state index contributed by atoms with van der Waals surface area (Å²) in [6.07, 6.45) is 0.683. The lowest BCUT2D eigenvalue weighted by Gasteiger charge is -2.10. The molecule has 0 atom stereocenters. The lowest BCUT2D eigenvalue weighted by atomic mass is 10.2. The minimum Gasteiger partial charge on any atom is -0.346 e. The average Bonchev–Trinajstić information content (AvgIpc) is 3.13. The number of imidazole rings is 1. The average molecular weight is 386 g/mol. The van der Waals surface area contributed by atoms with Crippen LogP contribution in [0.2, 0.25) is 5.02 Å². The molecule has 0 aliphatic heterocycles. The zero-order chi connectivity index (χ0) is 19.5. The number of aryl methyl sites for hydroxylation is 4. The Morgan fingerprint density at radius 2 is 1.78 bits per heavy atom. The van der Waals surface area contributed by atoms with E-state index >= 15 is 0 Å². The van der Waals surface area contributed by atoms with Crippen LogP contribution in [0.5, 0.6) is 0 Å². The van der Waals surface area contributed by atoms with Gasteiger partial charge in [0.15, 0.2) is 11.2 Å². The summed E-state index contributed by atoms with van der Waals surface area (Å²) in [6.45, 7) is 2.15. The van der Waals surface area contributed by atoms with Crippen LogP contribution in [0.3, 0.4) is 0 Å². The fraction of sp³-hybridized carbons (Fsp3) is 0.316. The van der Waals surface area contributed by atoms with Crippen LogP contribution in [0.4, 0.5) is 0 Å². The molecule has 0 saturated heterocycles. The van der Waals surface area contributed by atoms with Crippen LogP contribution in [-0.2, 0) is 34.1 Å². The number of halogens is 1. The second-order valence-electron chi connectivity index (χ2n) is 6.74. The SMILES string of the molecule is CCc1nc2c(c(=O)n(Cc3cc4cc(Cl)ccc4n3C)c(=O)n2C)n1C. The Balaban J connectivity index is 1.95. The van der Waals surface area contributed by atoms with Crippen molar-refractivity contribution in [2.45, 2.75) is 19.9 Å². The van der Waals surface area contributed by atoms with Crippen molar-refractivity contribution < 1.29 is 0 Å². The topological polar surface area (TPSA) is 66.8 Å². The molecule has 3 heterocycles. The summed E-state index contributed by atoms with van der Waals surface area (Å²) in [5.41, 5.74) is 2.00. The van der Waals surface area contributed by atoms with Crippen molar-refractivity contribution in [2.75, 3.05) is 0 Å². The Bertz CT molecular complexity index is 1320. The number of hydrogen-bond acceptors (Lipinski definition) is 3. The van der Waals surface area contributed by atoms with Gasteiger partial charge in [0.2, 0.25) is 0 Å². The van der Waals surface area contributed by atoms with E-state index in [1.165, 1.54) is 9.13 Å². The molecule has 4 rings (SSSR count). The molecule has 0 fully saturated rings. The Morgan fingerprint density at radius 3 is 2.48 bits per heavy atom. The van der Waals surface area contributed by atoms with Crippen molar-refractivity contribution in [1.82, 2.24) is 23.3 Å². The van der Waals surface area contributed by atoms with Gasteiger partial charge in [0, 0.05) is 49.2 Å². The molecule has 0 aliphatic rings. The first-order valence-electron chi connectivity index (χ1n) is 8.72. The van der Waals surface area contributed by atoms with E-state index in [4.69, 9.17) is 11.6 Å². The highest BCUT2D eigenvalue weighted by molar-refractivity contribution is 6.31. The van der Waals surface area contributed by atoms with Crippen molar-refractivity contribution in [2.24, 2.45) is 21.1 Å². The molecule has 0 unspecified atom stereocenters. The van der Waals surface area contributed by atoms with Gasteiger partial charge in [-0.3, -0.25) is 13.9 Å². The summed E-state index contributed by atoms with van der Waals surface area (Å²) >= 11 is 6.08. The van der Waals surface area contributed by atoms with Crippen LogP contribution in [0, 0.1) is 0 Å². The van der Waals surface area contributed by atoms with Crippen molar-refractivity contribution in [3.05, 3.63) is 61.6 Å². The molecule has 27 heavy (non-hydrogen) atoms. The van der Waals surface area contributed by atoms with Gasteiger partial charge in [-0.15, -0.1) is 0 Å². The van der Waals surface area contributed by atoms with Crippen LogP contribution >= 0.6 is 11.6 Å². The number of benzene rings is 1. The largest absolute Gasteiger partial charge is 0.346 e. The Hall–Kier alpha value is -2.80. The third-order valence-electron chi connectivity index (χ3n) is 5.19. The second kappa shape index (κ2) is 6.13. The highest BCUT2D eigenvalue weighted by Gasteiger charge is 2.19. The van der Waals surface area contributed by atoms with Crippen molar-refractivity contribution >= 4 is 33.7 Å². The van der Waals surface area contributed by atoms with E-state index in [9.17, 15) is 9.59 Å². The standard InChI is InChI=1S/C19H20ClN5O2/c1-5-15-21-17-16(23(15)3)18(26)25(19(27)24(17)4)10-13-9-11-8-12(20)6-7-14(11)22(13)2/h6-9H,5,10H2,1-4H3. The third-order valence-corrected chi connectivity index (χ3v) is 5.43. The van der Waals surface area contributed by atoms with Gasteiger partial charge < -0.3 is 9.13 Å². The Labute approximate surface area is 160 Å². The molecule has 140 valence electrons. The summed E-state index contributed by atoms with van der Waals surface area (Å²) in [7, 11) is 5.37. The lowest BCUT2D eigenvalue weighted by molar-refractivity contribution is 0.632. The van der Waals surface area contributed by atoms with Crippen LogP contribution in [-0.4, -0.2) is 23.3 Å². The molecule has 3 aromatic heterocycles. The smallest absolute Gasteiger partial charge is 0.332 e. The first kappa shape index (κ1) is 17.6. The van der Waals surface area contributed by atoms with Gasteiger partial charge in [-0.05, 0) is 24.3 Å². The number of aromatic nitrogens is 5. The maximum absolute atomic E-state index is 13.1. The van der Waals surface area contributed by atoms with Crippen LogP contribution in [0.1, 0.15) is 18.4 Å². The van der Waals surface area contributed by atoms with Crippen LogP contribution < -0.4 is 11.2 Å². The zero-order valence-electron chi connectivity index (χ0n) is 15.7. The maximum atomic E-state index is 13.1. The van der Waals surface area contributed by atoms with E-state index in [-0.39, 0.29) is 17.8 Å². The molecule has 4 aromatic rings. The summed E-state index contributed by atoms with van der Waals surface area (Å²) < 4.78 is 6.45. The van der Waals surface area contributed by atoms with Gasteiger partial charge in [-0.25, -0.2) is 9.78 Å². The van der Waals surface area contributed by atoms with E-state index < -0.39 is 0 Å². The molecular weight excluding hydrogens is 366 g/mol. The predicted molar refractivity (Wildman–Crippen MR) is 107 cm³/mol. The maximum Gasteiger partial charge on any atom is 0.332 e. The van der Waals surface area contributed by atoms with Gasteiger partial charge in [-0.2, -0.15) is 0 Å². The molecule has 7 nitrogen and oxygen atoms in total. The molecule has 0 N–H and O–H groups in total. The number of nitrogens with zero attached hydrogens (tertiary/aromatic N) is 5. The minimum absolute atomic E-state index is 0.177. The molecule has 8 heteroatoms. The van der Waals surface area contributed by atoms with Gasteiger partial charge in [0.05, 0.1) is 6.54 Å². The monoisotopic (exact) mass is 385 g/mol. The van der Waals surface area contributed by atoms with Crippen LogP contribution in [0.15, 0.2) is 33.9 Å². The molecule has 0 bridgehead atoms.